The zero-order chi connectivity index (χ0) is 26.6. The summed E-state index contributed by atoms with van der Waals surface area (Å²) < 4.78 is 15.3. The zero-order valence-corrected chi connectivity index (χ0v) is 21.3. The van der Waals surface area contributed by atoms with E-state index in [0.717, 1.165) is 43.4 Å². The number of likely N-dealkylation sites (tertiary alicyclic amines) is 1. The fraction of sp³-hybridized carbons (Fsp3) is 0.300. The van der Waals surface area contributed by atoms with Gasteiger partial charge in [-0.15, -0.1) is 0 Å². The molecule has 2 N–H and O–H groups in total. The van der Waals surface area contributed by atoms with Crippen molar-refractivity contribution >= 4 is 22.8 Å². The Morgan fingerprint density at radius 3 is 2.61 bits per heavy atom. The van der Waals surface area contributed by atoms with Gasteiger partial charge in [0, 0.05) is 49.1 Å². The lowest BCUT2D eigenvalue weighted by atomic mass is 10.0. The molecule has 0 saturated carbocycles. The van der Waals surface area contributed by atoms with Gasteiger partial charge < -0.3 is 15.0 Å². The fourth-order valence-corrected chi connectivity index (χ4v) is 5.18. The molecule has 0 bridgehead atoms. The minimum Gasteiger partial charge on any atom is -0.480 e. The van der Waals surface area contributed by atoms with Crippen LogP contribution in [0.1, 0.15) is 48.1 Å². The van der Waals surface area contributed by atoms with Crippen LogP contribution in [0, 0.1) is 5.82 Å². The van der Waals surface area contributed by atoms with Crippen LogP contribution in [-0.4, -0.2) is 50.6 Å². The highest BCUT2D eigenvalue weighted by atomic mass is 19.1. The number of aliphatic carboxylic acids is 1. The minimum atomic E-state index is -0.818. The molecule has 38 heavy (non-hydrogen) atoms. The molecule has 5 rings (SSSR count). The predicted octanol–water partition coefficient (Wildman–Crippen LogP) is 5.27. The van der Waals surface area contributed by atoms with Crippen LogP contribution >= 0.6 is 0 Å². The van der Waals surface area contributed by atoms with Gasteiger partial charge >= 0.3 is 5.97 Å². The van der Waals surface area contributed by atoms with Crippen molar-refractivity contribution in [2.75, 3.05) is 13.1 Å². The van der Waals surface area contributed by atoms with Crippen LogP contribution in [0.15, 0.2) is 73.1 Å². The summed E-state index contributed by atoms with van der Waals surface area (Å²) in [5, 5.41) is 13.7. The average Bonchev–Trinajstić information content (AvgIpc) is 3.33. The van der Waals surface area contributed by atoms with Gasteiger partial charge in [-0.1, -0.05) is 25.1 Å². The molecule has 3 heterocycles. The van der Waals surface area contributed by atoms with Crippen molar-refractivity contribution < 1.29 is 19.1 Å². The molecule has 1 unspecified atom stereocenters. The van der Waals surface area contributed by atoms with E-state index in [4.69, 9.17) is 0 Å². The third-order valence-corrected chi connectivity index (χ3v) is 7.27. The molecular formula is C30H31FN4O3. The van der Waals surface area contributed by atoms with Crippen LogP contribution in [0.5, 0.6) is 0 Å². The number of amides is 1. The number of halogens is 1. The van der Waals surface area contributed by atoms with Gasteiger partial charge in [0.05, 0.1) is 11.3 Å². The summed E-state index contributed by atoms with van der Waals surface area (Å²) in [7, 11) is 0. The number of nitrogens with zero attached hydrogens (tertiary/aromatic N) is 3. The summed E-state index contributed by atoms with van der Waals surface area (Å²) in [6.45, 7) is 4.44. The normalized spacial score (nSPS) is 15.4. The maximum Gasteiger partial charge on any atom is 0.326 e. The molecule has 1 amide bonds. The monoisotopic (exact) mass is 514 g/mol. The van der Waals surface area contributed by atoms with Crippen LogP contribution in [0.4, 0.5) is 4.39 Å². The number of aromatic nitrogens is 2. The molecule has 2 aromatic carbocycles. The number of nitrogens with one attached hydrogen (secondary N) is 1. The quantitative estimate of drug-likeness (QED) is 0.334. The molecule has 0 spiro atoms. The highest BCUT2D eigenvalue weighted by molar-refractivity contribution is 5.94. The van der Waals surface area contributed by atoms with Crippen molar-refractivity contribution in [1.29, 1.82) is 0 Å². The first-order chi connectivity index (χ1) is 18.4. The van der Waals surface area contributed by atoms with Crippen LogP contribution < -0.4 is 5.32 Å². The standard InChI is InChI=1S/C30H31FN4O3/c1-2-27(30(37)38)35-15-10-22-16-20(6-9-28(22)35)19-34-13-11-25(12-14-34)33-29(36)23-7-8-26(32-18-23)21-4-3-5-24(31)17-21/h3-10,15-18,25,27H,2,11-14,19H2,1H3,(H,33,36)(H,37,38). The number of rotatable bonds is 8. The Kier molecular flexibility index (Phi) is 7.51. The molecule has 1 aliphatic rings. The SMILES string of the molecule is CCC(C(=O)O)n1ccc2cc(CN3CCC(NC(=O)c4ccc(-c5cccc(F)c5)nc4)CC3)ccc21. The Morgan fingerprint density at radius 1 is 1.11 bits per heavy atom. The molecule has 0 radical (unpaired) electrons. The number of hydrogen-bond donors (Lipinski definition) is 2. The van der Waals surface area contributed by atoms with Crippen molar-refractivity contribution in [3.63, 3.8) is 0 Å². The van der Waals surface area contributed by atoms with E-state index < -0.39 is 12.0 Å². The lowest BCUT2D eigenvalue weighted by Crippen LogP contribution is -2.44. The topological polar surface area (TPSA) is 87.5 Å². The summed E-state index contributed by atoms with van der Waals surface area (Å²) in [5.41, 5.74) is 3.90. The smallest absolute Gasteiger partial charge is 0.326 e. The molecule has 4 aromatic rings. The highest BCUT2D eigenvalue weighted by Gasteiger charge is 2.22. The molecule has 2 aromatic heterocycles. The van der Waals surface area contributed by atoms with E-state index in [1.165, 1.54) is 23.9 Å². The maximum atomic E-state index is 13.5. The van der Waals surface area contributed by atoms with E-state index in [9.17, 15) is 19.1 Å². The number of fused-ring (bicyclic) bond motifs is 1. The van der Waals surface area contributed by atoms with Crippen molar-refractivity contribution in [2.45, 2.75) is 44.8 Å². The number of piperidine rings is 1. The highest BCUT2D eigenvalue weighted by Crippen LogP contribution is 2.25. The van der Waals surface area contributed by atoms with E-state index in [-0.39, 0.29) is 17.8 Å². The van der Waals surface area contributed by atoms with E-state index in [2.05, 4.69) is 27.3 Å². The van der Waals surface area contributed by atoms with Gasteiger partial charge in [-0.2, -0.15) is 0 Å². The van der Waals surface area contributed by atoms with Crippen molar-refractivity contribution in [2.24, 2.45) is 0 Å². The summed E-state index contributed by atoms with van der Waals surface area (Å²) in [6, 6.07) is 17.4. The van der Waals surface area contributed by atoms with Gasteiger partial charge in [-0.05, 0) is 72.7 Å². The Labute approximate surface area is 220 Å². The average molecular weight is 515 g/mol. The van der Waals surface area contributed by atoms with Crippen molar-refractivity contribution in [3.05, 3.63) is 90.0 Å². The second-order valence-corrected chi connectivity index (χ2v) is 9.84. The summed E-state index contributed by atoms with van der Waals surface area (Å²) >= 11 is 0. The Morgan fingerprint density at radius 2 is 1.92 bits per heavy atom. The summed E-state index contributed by atoms with van der Waals surface area (Å²) in [4.78, 5) is 31.1. The first kappa shape index (κ1) is 25.6. The van der Waals surface area contributed by atoms with E-state index >= 15 is 0 Å². The van der Waals surface area contributed by atoms with Crippen LogP contribution in [-0.2, 0) is 11.3 Å². The van der Waals surface area contributed by atoms with Gasteiger partial charge in [-0.3, -0.25) is 14.7 Å². The molecule has 1 saturated heterocycles. The molecular weight excluding hydrogens is 483 g/mol. The fourth-order valence-electron chi connectivity index (χ4n) is 5.18. The third-order valence-electron chi connectivity index (χ3n) is 7.27. The predicted molar refractivity (Wildman–Crippen MR) is 144 cm³/mol. The number of pyridine rings is 1. The number of carboxylic acid groups (broad SMARTS) is 1. The lowest BCUT2D eigenvalue weighted by molar-refractivity contribution is -0.140. The molecule has 1 fully saturated rings. The second-order valence-electron chi connectivity index (χ2n) is 9.84. The molecule has 7 nitrogen and oxygen atoms in total. The van der Waals surface area contributed by atoms with E-state index in [1.807, 2.05) is 29.8 Å². The van der Waals surface area contributed by atoms with Crippen molar-refractivity contribution in [1.82, 2.24) is 19.8 Å². The Balaban J connectivity index is 1.14. The molecule has 0 aliphatic carbocycles. The van der Waals surface area contributed by atoms with Gasteiger partial charge in [-0.25, -0.2) is 9.18 Å². The van der Waals surface area contributed by atoms with Gasteiger partial charge in [0.1, 0.15) is 11.9 Å². The molecule has 196 valence electrons. The number of carbonyl (C=O) groups is 2. The molecule has 1 atom stereocenters. The third kappa shape index (κ3) is 5.60. The minimum absolute atomic E-state index is 0.0974. The van der Waals surface area contributed by atoms with Gasteiger partial charge in [0.2, 0.25) is 0 Å². The Bertz CT molecular complexity index is 1440. The number of carboxylic acids is 1. The zero-order valence-electron chi connectivity index (χ0n) is 21.3. The van der Waals surface area contributed by atoms with E-state index in [1.54, 1.807) is 24.3 Å². The lowest BCUT2D eigenvalue weighted by Gasteiger charge is -2.32. The molecule has 1 aliphatic heterocycles. The Hall–Kier alpha value is -4.04. The summed E-state index contributed by atoms with van der Waals surface area (Å²) in [6.07, 6.45) is 5.64. The van der Waals surface area contributed by atoms with Crippen LogP contribution in [0.2, 0.25) is 0 Å². The summed E-state index contributed by atoms with van der Waals surface area (Å²) in [5.74, 6) is -1.29. The largest absolute Gasteiger partial charge is 0.480 e. The van der Waals surface area contributed by atoms with E-state index in [0.29, 0.717) is 23.2 Å². The van der Waals surface area contributed by atoms with Gasteiger partial charge in [0.25, 0.3) is 5.91 Å². The number of benzene rings is 2. The van der Waals surface area contributed by atoms with Gasteiger partial charge in [0.15, 0.2) is 0 Å². The first-order valence-electron chi connectivity index (χ1n) is 13.0. The number of carbonyl (C=O) groups excluding carboxylic acids is 1. The molecule has 8 heteroatoms. The van der Waals surface area contributed by atoms with Crippen molar-refractivity contribution in [3.8, 4) is 11.3 Å². The second kappa shape index (κ2) is 11.1. The number of hydrogen-bond acceptors (Lipinski definition) is 4. The first-order valence-corrected chi connectivity index (χ1v) is 13.0. The van der Waals surface area contributed by atoms with Crippen LogP contribution in [0.25, 0.3) is 22.2 Å². The van der Waals surface area contributed by atoms with Crippen LogP contribution in [0.3, 0.4) is 0 Å². The maximum absolute atomic E-state index is 13.5.